The van der Waals surface area contributed by atoms with Crippen molar-refractivity contribution in [2.45, 2.75) is 23.9 Å². The standard InChI is InChI=1S/C17H19N5O8S2/c18-1-2-29-21-12(9-5-31-16(19)20-9)10(23)4-8-13(25)22-14(8)32(28)6-7-3-11(24)30-17(7,22)15(26)27/h5,7-8,14H,1-4,6,18H2,(H2,19,20)(H,26,27)/b21-12-/t7-,8+,14+,17+,32-/m0/s1. The molecule has 3 aliphatic heterocycles. The van der Waals surface area contributed by atoms with Crippen molar-refractivity contribution in [1.29, 1.82) is 0 Å². The number of esters is 1. The van der Waals surface area contributed by atoms with Crippen LogP contribution in [0.25, 0.3) is 0 Å². The lowest BCUT2D eigenvalue weighted by molar-refractivity contribution is -0.220. The fourth-order valence-corrected chi connectivity index (χ4v) is 6.70. The van der Waals surface area contributed by atoms with Crippen molar-refractivity contribution < 1.29 is 38.1 Å². The van der Waals surface area contributed by atoms with Gasteiger partial charge in [0.15, 0.2) is 16.6 Å². The Hall–Kier alpha value is -2.91. The second-order valence-electron chi connectivity index (χ2n) is 7.39. The molecule has 1 amide bonds. The highest BCUT2D eigenvalue weighted by molar-refractivity contribution is 7.85. The molecule has 0 saturated carbocycles. The molecule has 32 heavy (non-hydrogen) atoms. The second-order valence-corrected chi connectivity index (χ2v) is 9.86. The predicted molar refractivity (Wildman–Crippen MR) is 109 cm³/mol. The van der Waals surface area contributed by atoms with Gasteiger partial charge in [0, 0.05) is 34.9 Å². The third-order valence-corrected chi connectivity index (χ3v) is 7.97. The number of hydrogen-bond donors (Lipinski definition) is 3. The van der Waals surface area contributed by atoms with E-state index in [0.29, 0.717) is 0 Å². The van der Waals surface area contributed by atoms with Crippen molar-refractivity contribution in [3.63, 3.8) is 0 Å². The number of carboxylic acids is 1. The van der Waals surface area contributed by atoms with E-state index in [0.717, 1.165) is 16.2 Å². The number of hydrogen-bond acceptors (Lipinski definition) is 12. The van der Waals surface area contributed by atoms with E-state index < -0.39 is 63.8 Å². The Morgan fingerprint density at radius 3 is 2.84 bits per heavy atom. The summed E-state index contributed by atoms with van der Waals surface area (Å²) in [5, 5.41) is 14.1. The maximum atomic E-state index is 13.0. The van der Waals surface area contributed by atoms with Gasteiger partial charge in [0.05, 0.1) is 18.3 Å². The summed E-state index contributed by atoms with van der Waals surface area (Å²) < 4.78 is 17.9. The van der Waals surface area contributed by atoms with Crippen LogP contribution in [0.5, 0.6) is 0 Å². The summed E-state index contributed by atoms with van der Waals surface area (Å²) >= 11 is 1.08. The molecule has 0 aliphatic carbocycles. The smallest absolute Gasteiger partial charge is 0.370 e. The number of nitrogen functional groups attached to an aromatic ring is 1. The molecule has 0 aromatic carbocycles. The minimum absolute atomic E-state index is 0.0348. The van der Waals surface area contributed by atoms with Crippen molar-refractivity contribution >= 4 is 56.6 Å². The van der Waals surface area contributed by atoms with Crippen LogP contribution in [0.2, 0.25) is 0 Å². The van der Waals surface area contributed by atoms with Crippen LogP contribution >= 0.6 is 11.3 Å². The molecule has 1 aromatic rings. The van der Waals surface area contributed by atoms with E-state index >= 15 is 0 Å². The normalized spacial score (nSPS) is 31.4. The summed E-state index contributed by atoms with van der Waals surface area (Å²) in [4.78, 5) is 59.6. The van der Waals surface area contributed by atoms with Gasteiger partial charge in [-0.15, -0.1) is 11.3 Å². The number of nitrogens with two attached hydrogens (primary N) is 2. The van der Waals surface area contributed by atoms with Crippen molar-refractivity contribution in [2.24, 2.45) is 22.7 Å². The number of anilines is 1. The van der Waals surface area contributed by atoms with Gasteiger partial charge >= 0.3 is 11.9 Å². The summed E-state index contributed by atoms with van der Waals surface area (Å²) in [5.41, 5.74) is 8.75. The van der Waals surface area contributed by atoms with Gasteiger partial charge in [-0.1, -0.05) is 5.16 Å². The van der Waals surface area contributed by atoms with Gasteiger partial charge in [0.25, 0.3) is 5.72 Å². The Bertz CT molecular complexity index is 1060. The summed E-state index contributed by atoms with van der Waals surface area (Å²) in [6, 6.07) is 0. The topological polar surface area (TPSA) is 205 Å². The largest absolute Gasteiger partial charge is 0.477 e. The van der Waals surface area contributed by atoms with Gasteiger partial charge in [-0.3, -0.25) is 23.5 Å². The zero-order chi connectivity index (χ0) is 23.2. The first kappa shape index (κ1) is 22.3. The first-order valence-electron chi connectivity index (χ1n) is 9.50. The summed E-state index contributed by atoms with van der Waals surface area (Å²) in [7, 11) is -1.69. The van der Waals surface area contributed by atoms with E-state index in [4.69, 9.17) is 21.0 Å². The van der Waals surface area contributed by atoms with Gasteiger partial charge in [0.2, 0.25) is 5.91 Å². The van der Waals surface area contributed by atoms with E-state index in [9.17, 15) is 28.5 Å². The fraction of sp³-hybridized carbons (Fsp3) is 0.529. The number of nitrogens with zero attached hydrogens (tertiary/aromatic N) is 3. The molecule has 5 atom stereocenters. The third-order valence-electron chi connectivity index (χ3n) is 5.49. The number of ketones is 1. The molecular weight excluding hydrogens is 466 g/mol. The minimum Gasteiger partial charge on any atom is -0.477 e. The Labute approximate surface area is 187 Å². The third kappa shape index (κ3) is 3.36. The summed E-state index contributed by atoms with van der Waals surface area (Å²) in [6.45, 7) is 0.186. The molecule has 172 valence electrons. The second kappa shape index (κ2) is 8.22. The number of Topliss-reactive ketones (excluding diaryl/α,β-unsaturated/α-hetero) is 1. The van der Waals surface area contributed by atoms with Gasteiger partial charge < -0.3 is 26.1 Å². The molecule has 0 unspecified atom stereocenters. The van der Waals surface area contributed by atoms with E-state index in [1.807, 2.05) is 0 Å². The Morgan fingerprint density at radius 2 is 2.22 bits per heavy atom. The summed E-state index contributed by atoms with van der Waals surface area (Å²) in [6.07, 6.45) is -0.666. The lowest BCUT2D eigenvalue weighted by Gasteiger charge is -2.56. The van der Waals surface area contributed by atoms with Crippen LogP contribution in [0.3, 0.4) is 0 Å². The van der Waals surface area contributed by atoms with E-state index in [1.54, 1.807) is 0 Å². The SMILES string of the molecule is NCCO/N=C(\C(=O)C[C@@H]1C(=O)N2[C@@H]1[S@@](=O)C[C@@H]1CC(=O)O[C@@]12C(=O)O)c1csc(N)n1. The van der Waals surface area contributed by atoms with Crippen molar-refractivity contribution in [2.75, 3.05) is 24.6 Å². The molecule has 13 nitrogen and oxygen atoms in total. The maximum Gasteiger partial charge on any atom is 0.370 e. The number of carbonyl (C=O) groups is 4. The van der Waals surface area contributed by atoms with Crippen LogP contribution in [-0.4, -0.2) is 78.5 Å². The Balaban J connectivity index is 1.59. The number of ether oxygens (including phenoxy) is 1. The van der Waals surface area contributed by atoms with Crippen LogP contribution in [0, 0.1) is 11.8 Å². The van der Waals surface area contributed by atoms with Crippen molar-refractivity contribution in [3.8, 4) is 0 Å². The number of rotatable bonds is 8. The molecule has 0 spiro atoms. The number of fused-ring (bicyclic) bond motifs is 3. The molecule has 5 N–H and O–H groups in total. The molecular formula is C17H19N5O8S2. The number of carbonyl (C=O) groups excluding carboxylic acids is 3. The van der Waals surface area contributed by atoms with Crippen LogP contribution in [-0.2, 0) is 39.6 Å². The molecule has 3 fully saturated rings. The van der Waals surface area contributed by atoms with Gasteiger partial charge in [-0.25, -0.2) is 9.78 Å². The summed E-state index contributed by atoms with van der Waals surface area (Å²) in [5.74, 6) is -5.80. The predicted octanol–water partition coefficient (Wildman–Crippen LogP) is -1.75. The lowest BCUT2D eigenvalue weighted by Crippen LogP contribution is -2.78. The molecule has 0 radical (unpaired) electrons. The molecule has 15 heteroatoms. The van der Waals surface area contributed by atoms with Gasteiger partial charge in [-0.05, 0) is 0 Å². The molecule has 4 heterocycles. The maximum absolute atomic E-state index is 13.0. The lowest BCUT2D eigenvalue weighted by atomic mass is 9.84. The number of carboxylic acid groups (broad SMARTS) is 1. The van der Waals surface area contributed by atoms with Gasteiger partial charge in [0.1, 0.15) is 17.7 Å². The first-order valence-corrected chi connectivity index (χ1v) is 11.8. The highest BCUT2D eigenvalue weighted by Crippen LogP contribution is 2.50. The number of oxime groups is 1. The number of amides is 1. The molecule has 3 saturated heterocycles. The average molecular weight is 486 g/mol. The zero-order valence-electron chi connectivity index (χ0n) is 16.5. The fourth-order valence-electron chi connectivity index (χ4n) is 4.14. The number of thiazole rings is 1. The number of β-lactam (4-membered cyclic amide) rings is 1. The van der Waals surface area contributed by atoms with Crippen molar-refractivity contribution in [1.82, 2.24) is 9.88 Å². The van der Waals surface area contributed by atoms with E-state index in [2.05, 4.69) is 10.1 Å². The Morgan fingerprint density at radius 1 is 1.47 bits per heavy atom. The molecule has 3 aliphatic rings. The minimum atomic E-state index is -2.20. The zero-order valence-corrected chi connectivity index (χ0v) is 18.1. The van der Waals surface area contributed by atoms with Crippen LogP contribution in [0.15, 0.2) is 10.5 Å². The van der Waals surface area contributed by atoms with Crippen LogP contribution in [0.1, 0.15) is 18.5 Å². The highest BCUT2D eigenvalue weighted by Gasteiger charge is 2.72. The van der Waals surface area contributed by atoms with Crippen LogP contribution < -0.4 is 11.5 Å². The average Bonchev–Trinajstić information content (AvgIpc) is 3.30. The Kier molecular flexibility index (Phi) is 5.72. The van der Waals surface area contributed by atoms with E-state index in [1.165, 1.54) is 5.38 Å². The van der Waals surface area contributed by atoms with E-state index in [-0.39, 0.29) is 41.9 Å². The number of aromatic nitrogens is 1. The van der Waals surface area contributed by atoms with Gasteiger partial charge in [-0.2, -0.15) is 0 Å². The highest BCUT2D eigenvalue weighted by atomic mass is 32.2. The molecule has 1 aromatic heterocycles. The van der Waals surface area contributed by atoms with Crippen molar-refractivity contribution in [3.05, 3.63) is 11.1 Å². The van der Waals surface area contributed by atoms with Crippen LogP contribution in [0.4, 0.5) is 5.13 Å². The monoisotopic (exact) mass is 485 g/mol. The molecule has 0 bridgehead atoms. The quantitative estimate of drug-likeness (QED) is 0.124. The molecule has 4 rings (SSSR count). The first-order chi connectivity index (χ1) is 15.2. The number of aliphatic carboxylic acids is 1.